The van der Waals surface area contributed by atoms with E-state index in [2.05, 4.69) is 125 Å². The highest BCUT2D eigenvalue weighted by molar-refractivity contribution is 5.29. The Bertz CT molecular complexity index is 837. The zero-order valence-electron chi connectivity index (χ0n) is 22.3. The van der Waals surface area contributed by atoms with Crippen molar-refractivity contribution in [1.82, 2.24) is 24.7 Å². The highest BCUT2D eigenvalue weighted by atomic mass is 15.3. The van der Waals surface area contributed by atoms with Gasteiger partial charge in [-0.25, -0.2) is 9.97 Å². The summed E-state index contributed by atoms with van der Waals surface area (Å²) >= 11 is 0. The van der Waals surface area contributed by atoms with Crippen LogP contribution in [-0.2, 0) is 13.1 Å². The van der Waals surface area contributed by atoms with Crippen LogP contribution in [0.4, 0.5) is 5.95 Å². The summed E-state index contributed by atoms with van der Waals surface area (Å²) in [5.41, 5.74) is 2.72. The Hall–Kier alpha value is -2.80. The molecule has 0 unspecified atom stereocenters. The van der Waals surface area contributed by atoms with Crippen LogP contribution in [-0.4, -0.2) is 85.1 Å². The van der Waals surface area contributed by atoms with Gasteiger partial charge in [0.1, 0.15) is 0 Å². The number of likely N-dealkylation sites (N-methyl/N-ethyl adjacent to an activating group) is 1. The van der Waals surface area contributed by atoms with Gasteiger partial charge in [0.2, 0.25) is 5.95 Å². The van der Waals surface area contributed by atoms with Crippen LogP contribution in [0.25, 0.3) is 0 Å². The Balaban J connectivity index is 0.000000204. The van der Waals surface area contributed by atoms with Crippen molar-refractivity contribution in [2.75, 3.05) is 65.3 Å². The van der Waals surface area contributed by atoms with Crippen molar-refractivity contribution in [2.45, 2.75) is 26.9 Å². The first kappa shape index (κ1) is 28.4. The van der Waals surface area contributed by atoms with Gasteiger partial charge in [0, 0.05) is 51.7 Å². The summed E-state index contributed by atoms with van der Waals surface area (Å²) in [4.78, 5) is 17.6. The molecule has 0 saturated carbocycles. The molecule has 0 atom stereocenters. The van der Waals surface area contributed by atoms with Gasteiger partial charge in [0.15, 0.2) is 0 Å². The predicted octanol–water partition coefficient (Wildman–Crippen LogP) is 4.51. The standard InChI is InChI=1S/C15H17N.C9H14N4.C5H13N/c1-16(12-14-8-4-2-5-9-14)13-15-10-6-3-7-11-15;1-12-5-7-13(8-6-12)9-10-3-2-4-11-9;1-4-6(3)5-2/h2-11H,12-13H2,1H3;2-4H,5-8H2,1H3;4-5H2,1-3H3. The van der Waals surface area contributed by atoms with Crippen molar-refractivity contribution >= 4 is 5.95 Å². The smallest absolute Gasteiger partial charge is 0.225 e. The Labute approximate surface area is 213 Å². The highest BCUT2D eigenvalue weighted by Crippen LogP contribution is 2.08. The molecule has 0 amide bonds. The minimum Gasteiger partial charge on any atom is -0.338 e. The maximum atomic E-state index is 4.22. The van der Waals surface area contributed by atoms with E-state index in [0.717, 1.165) is 58.3 Å². The Kier molecular flexibility index (Phi) is 13.6. The van der Waals surface area contributed by atoms with E-state index in [-0.39, 0.29) is 0 Å². The first-order chi connectivity index (χ1) is 17.0. The number of anilines is 1. The lowest BCUT2D eigenvalue weighted by Crippen LogP contribution is -2.45. The molecule has 2 aromatic carbocycles. The largest absolute Gasteiger partial charge is 0.338 e. The number of benzene rings is 2. The van der Waals surface area contributed by atoms with Gasteiger partial charge in [-0.2, -0.15) is 0 Å². The fourth-order valence-corrected chi connectivity index (χ4v) is 3.53. The molecule has 2 heterocycles. The minimum absolute atomic E-state index is 0.857. The van der Waals surface area contributed by atoms with Gasteiger partial charge in [-0.1, -0.05) is 74.5 Å². The third kappa shape index (κ3) is 11.9. The van der Waals surface area contributed by atoms with Crippen LogP contribution in [0.3, 0.4) is 0 Å². The molecule has 1 aliphatic rings. The third-order valence-electron chi connectivity index (χ3n) is 6.01. The van der Waals surface area contributed by atoms with Gasteiger partial charge >= 0.3 is 0 Å². The normalized spacial score (nSPS) is 13.6. The average molecular weight is 477 g/mol. The van der Waals surface area contributed by atoms with Gasteiger partial charge < -0.3 is 14.7 Å². The zero-order chi connectivity index (χ0) is 25.3. The van der Waals surface area contributed by atoms with Crippen LogP contribution in [0.1, 0.15) is 25.0 Å². The molecule has 1 aliphatic heterocycles. The minimum atomic E-state index is 0.857. The molecule has 4 rings (SSSR count). The van der Waals surface area contributed by atoms with Crippen LogP contribution < -0.4 is 4.90 Å². The van der Waals surface area contributed by atoms with Crippen LogP contribution in [0.15, 0.2) is 79.1 Å². The van der Waals surface area contributed by atoms with Crippen molar-refractivity contribution in [3.05, 3.63) is 90.3 Å². The average Bonchev–Trinajstić information content (AvgIpc) is 2.91. The maximum absolute atomic E-state index is 4.22. The molecule has 0 spiro atoms. The second-order valence-electron chi connectivity index (χ2n) is 8.97. The first-order valence-corrected chi connectivity index (χ1v) is 12.7. The Morgan fingerprint density at radius 2 is 1.11 bits per heavy atom. The quantitative estimate of drug-likeness (QED) is 0.500. The van der Waals surface area contributed by atoms with Crippen molar-refractivity contribution in [3.63, 3.8) is 0 Å². The van der Waals surface area contributed by atoms with Gasteiger partial charge in [-0.15, -0.1) is 0 Å². The molecular formula is C29H44N6. The number of aromatic nitrogens is 2. The summed E-state index contributed by atoms with van der Waals surface area (Å²) in [5.74, 6) is 0.857. The van der Waals surface area contributed by atoms with E-state index in [1.165, 1.54) is 11.1 Å². The Morgan fingerprint density at radius 3 is 1.51 bits per heavy atom. The summed E-state index contributed by atoms with van der Waals surface area (Å²) < 4.78 is 0. The number of piperazine rings is 1. The second kappa shape index (κ2) is 16.8. The lowest BCUT2D eigenvalue weighted by Gasteiger charge is -2.32. The molecule has 0 aliphatic carbocycles. The number of nitrogens with zero attached hydrogens (tertiary/aromatic N) is 6. The summed E-state index contributed by atoms with van der Waals surface area (Å²) in [6.07, 6.45) is 3.58. The zero-order valence-corrected chi connectivity index (χ0v) is 22.3. The van der Waals surface area contributed by atoms with Gasteiger partial charge in [-0.3, -0.25) is 4.90 Å². The lowest BCUT2D eigenvalue weighted by molar-refractivity contribution is 0.311. The van der Waals surface area contributed by atoms with E-state index in [1.807, 2.05) is 6.07 Å². The van der Waals surface area contributed by atoms with Crippen molar-refractivity contribution in [2.24, 2.45) is 0 Å². The van der Waals surface area contributed by atoms with E-state index in [4.69, 9.17) is 0 Å². The molecule has 0 radical (unpaired) electrons. The molecular weight excluding hydrogens is 432 g/mol. The van der Waals surface area contributed by atoms with Gasteiger partial charge in [-0.05, 0) is 51.4 Å². The Morgan fingerprint density at radius 1 is 0.657 bits per heavy atom. The monoisotopic (exact) mass is 476 g/mol. The van der Waals surface area contributed by atoms with Crippen molar-refractivity contribution in [3.8, 4) is 0 Å². The molecule has 35 heavy (non-hydrogen) atoms. The highest BCUT2D eigenvalue weighted by Gasteiger charge is 2.15. The maximum Gasteiger partial charge on any atom is 0.225 e. The molecule has 0 bridgehead atoms. The van der Waals surface area contributed by atoms with Crippen molar-refractivity contribution < 1.29 is 0 Å². The molecule has 0 N–H and O–H groups in total. The van der Waals surface area contributed by atoms with Crippen LogP contribution in [0, 0.1) is 0 Å². The lowest BCUT2D eigenvalue weighted by atomic mass is 10.2. The fraction of sp³-hybridized carbons (Fsp3) is 0.448. The van der Waals surface area contributed by atoms with E-state index in [9.17, 15) is 0 Å². The SMILES string of the molecule is CCN(C)CC.CN(Cc1ccccc1)Cc1ccccc1.CN1CCN(c2ncccn2)CC1. The molecule has 1 aromatic heterocycles. The van der Waals surface area contributed by atoms with E-state index in [0.29, 0.717) is 0 Å². The van der Waals surface area contributed by atoms with Crippen molar-refractivity contribution in [1.29, 1.82) is 0 Å². The predicted molar refractivity (Wildman–Crippen MR) is 149 cm³/mol. The van der Waals surface area contributed by atoms with E-state index >= 15 is 0 Å². The number of hydrogen-bond acceptors (Lipinski definition) is 6. The van der Waals surface area contributed by atoms with Crippen LogP contribution >= 0.6 is 0 Å². The topological polar surface area (TPSA) is 38.7 Å². The van der Waals surface area contributed by atoms with Gasteiger partial charge in [0.05, 0.1) is 0 Å². The molecule has 6 nitrogen and oxygen atoms in total. The van der Waals surface area contributed by atoms with Crippen LogP contribution in [0.2, 0.25) is 0 Å². The molecule has 1 saturated heterocycles. The van der Waals surface area contributed by atoms with E-state index in [1.54, 1.807) is 12.4 Å². The fourth-order valence-electron chi connectivity index (χ4n) is 3.53. The summed E-state index contributed by atoms with van der Waals surface area (Å²) in [6.45, 7) is 12.9. The number of rotatable bonds is 7. The first-order valence-electron chi connectivity index (χ1n) is 12.7. The van der Waals surface area contributed by atoms with Crippen LogP contribution in [0.5, 0.6) is 0 Å². The molecule has 6 heteroatoms. The summed E-state index contributed by atoms with van der Waals surface area (Å²) in [5, 5.41) is 0. The number of hydrogen-bond donors (Lipinski definition) is 0. The molecule has 3 aromatic rings. The molecule has 190 valence electrons. The van der Waals surface area contributed by atoms with E-state index < -0.39 is 0 Å². The molecule has 1 fully saturated rings. The summed E-state index contributed by atoms with van der Waals surface area (Å²) in [7, 11) is 6.41. The van der Waals surface area contributed by atoms with Gasteiger partial charge in [0.25, 0.3) is 0 Å². The summed E-state index contributed by atoms with van der Waals surface area (Å²) in [6, 6.07) is 23.0. The third-order valence-corrected chi connectivity index (χ3v) is 6.01. The second-order valence-corrected chi connectivity index (χ2v) is 8.97.